The van der Waals surface area contributed by atoms with E-state index in [-0.39, 0.29) is 22.9 Å². The van der Waals surface area contributed by atoms with Gasteiger partial charge in [-0.1, -0.05) is 67.5 Å². The van der Waals surface area contributed by atoms with Gasteiger partial charge < -0.3 is 10.2 Å². The zero-order chi connectivity index (χ0) is 26.0. The van der Waals surface area contributed by atoms with E-state index in [4.69, 9.17) is 9.98 Å². The van der Waals surface area contributed by atoms with Crippen LogP contribution >= 0.6 is 0 Å². The largest absolute Gasteiger partial charge is 0.507 e. The van der Waals surface area contributed by atoms with Crippen LogP contribution < -0.4 is 0 Å². The molecule has 2 aromatic rings. The van der Waals surface area contributed by atoms with E-state index in [9.17, 15) is 10.2 Å². The predicted octanol–water partition coefficient (Wildman–Crippen LogP) is 7.28. The van der Waals surface area contributed by atoms with Gasteiger partial charge in [0.1, 0.15) is 11.5 Å². The minimum Gasteiger partial charge on any atom is -0.507 e. The molecule has 0 saturated heterocycles. The number of hydrogen-bond donors (Lipinski definition) is 2. The van der Waals surface area contributed by atoms with E-state index in [0.717, 1.165) is 54.4 Å². The van der Waals surface area contributed by atoms with Crippen molar-refractivity contribution in [3.05, 3.63) is 57.6 Å². The Morgan fingerprint density at radius 3 is 1.40 bits per heavy atom. The van der Waals surface area contributed by atoms with Gasteiger partial charge in [-0.2, -0.15) is 0 Å². The normalized spacial score (nSPS) is 19.3. The highest BCUT2D eigenvalue weighted by Gasteiger charge is 2.25. The molecule has 4 heteroatoms. The fraction of sp³-hybridized carbons (Fsp3) is 0.548. The molecule has 190 valence electrons. The third kappa shape index (κ3) is 6.54. The molecule has 0 radical (unpaired) electrons. The van der Waals surface area contributed by atoms with E-state index in [0.29, 0.717) is 11.5 Å². The lowest BCUT2D eigenvalue weighted by atomic mass is 9.84. The Hall–Kier alpha value is -2.62. The molecule has 0 spiro atoms. The smallest absolute Gasteiger partial charge is 0.128 e. The first kappa shape index (κ1) is 27.0. The topological polar surface area (TPSA) is 65.2 Å². The first-order valence-electron chi connectivity index (χ1n) is 13.1. The molecule has 0 aromatic heterocycles. The second-order valence-electron chi connectivity index (χ2n) is 12.0. The van der Waals surface area contributed by atoms with Crippen molar-refractivity contribution in [3.8, 4) is 11.5 Å². The molecule has 1 aliphatic carbocycles. The number of benzene rings is 2. The van der Waals surface area contributed by atoms with E-state index in [1.165, 1.54) is 11.1 Å². The molecule has 35 heavy (non-hydrogen) atoms. The summed E-state index contributed by atoms with van der Waals surface area (Å²) in [6.45, 7) is 17.0. The van der Waals surface area contributed by atoms with Crippen LogP contribution in [0.2, 0.25) is 0 Å². The van der Waals surface area contributed by atoms with Crippen LogP contribution in [0.4, 0.5) is 0 Å². The lowest BCUT2D eigenvalue weighted by Gasteiger charge is -2.22. The molecule has 2 unspecified atom stereocenters. The van der Waals surface area contributed by atoms with Gasteiger partial charge in [0.05, 0.1) is 12.1 Å². The Bertz CT molecular complexity index is 1010. The van der Waals surface area contributed by atoms with Crippen molar-refractivity contribution in [1.29, 1.82) is 0 Å². The number of nitrogens with zero attached hydrogens (tertiary/aromatic N) is 2. The molecule has 1 aliphatic rings. The Labute approximate surface area is 212 Å². The molecular weight excluding hydrogens is 432 g/mol. The fourth-order valence-corrected chi connectivity index (χ4v) is 4.76. The summed E-state index contributed by atoms with van der Waals surface area (Å²) in [6, 6.07) is 8.72. The molecule has 0 aliphatic heterocycles. The summed E-state index contributed by atoms with van der Waals surface area (Å²) in [5, 5.41) is 21.8. The van der Waals surface area contributed by atoms with Gasteiger partial charge in [-0.15, -0.1) is 0 Å². The van der Waals surface area contributed by atoms with Crippen molar-refractivity contribution in [2.24, 2.45) is 9.98 Å². The second kappa shape index (κ2) is 10.6. The molecule has 0 heterocycles. The van der Waals surface area contributed by atoms with Crippen LogP contribution in [0, 0.1) is 0 Å². The van der Waals surface area contributed by atoms with Crippen molar-refractivity contribution >= 4 is 12.4 Å². The van der Waals surface area contributed by atoms with Crippen molar-refractivity contribution < 1.29 is 10.2 Å². The standard InChI is InChI=1S/C31H44N2O2/c1-9-20-13-22(28(34)26(15-20)30(3,4)5)18-32-24-11-12-25(17-24)33-19-23-14-21(10-2)16-27(29(23)35)31(6,7)8/h13-16,18-19,24-25,34-35H,9-12,17H2,1-8H3. The maximum atomic E-state index is 10.9. The maximum Gasteiger partial charge on any atom is 0.128 e. The molecule has 0 amide bonds. The van der Waals surface area contributed by atoms with Gasteiger partial charge in [0, 0.05) is 34.7 Å². The first-order chi connectivity index (χ1) is 16.3. The third-order valence-corrected chi connectivity index (χ3v) is 7.06. The van der Waals surface area contributed by atoms with Gasteiger partial charge in [-0.05, 0) is 66.2 Å². The van der Waals surface area contributed by atoms with Crippen molar-refractivity contribution in [3.63, 3.8) is 0 Å². The zero-order valence-corrected chi connectivity index (χ0v) is 22.9. The van der Waals surface area contributed by atoms with E-state index in [2.05, 4.69) is 79.7 Å². The quantitative estimate of drug-likeness (QED) is 0.430. The molecule has 3 rings (SSSR count). The first-order valence-corrected chi connectivity index (χ1v) is 13.1. The number of phenols is 2. The lowest BCUT2D eigenvalue weighted by molar-refractivity contribution is 0.444. The van der Waals surface area contributed by atoms with Crippen molar-refractivity contribution in [2.75, 3.05) is 0 Å². The Morgan fingerprint density at radius 1 is 0.714 bits per heavy atom. The molecule has 2 aromatic carbocycles. The second-order valence-corrected chi connectivity index (χ2v) is 12.0. The number of rotatable bonds is 6. The molecule has 2 atom stereocenters. The van der Waals surface area contributed by atoms with Crippen LogP contribution in [0.5, 0.6) is 11.5 Å². The minimum absolute atomic E-state index is 0.126. The summed E-state index contributed by atoms with van der Waals surface area (Å²) in [7, 11) is 0. The van der Waals surface area contributed by atoms with Gasteiger partial charge in [-0.25, -0.2) is 0 Å². The van der Waals surface area contributed by atoms with Crippen LogP contribution in [-0.4, -0.2) is 34.7 Å². The van der Waals surface area contributed by atoms with Crippen LogP contribution in [0.25, 0.3) is 0 Å². The lowest BCUT2D eigenvalue weighted by Crippen LogP contribution is -2.13. The summed E-state index contributed by atoms with van der Waals surface area (Å²) >= 11 is 0. The number of hydrogen-bond acceptors (Lipinski definition) is 4. The van der Waals surface area contributed by atoms with Gasteiger partial charge in [0.2, 0.25) is 0 Å². The summed E-state index contributed by atoms with van der Waals surface area (Å²) in [6.07, 6.45) is 8.40. The van der Waals surface area contributed by atoms with E-state index < -0.39 is 0 Å². The molecule has 4 nitrogen and oxygen atoms in total. The van der Waals surface area contributed by atoms with Gasteiger partial charge >= 0.3 is 0 Å². The average molecular weight is 477 g/mol. The highest BCUT2D eigenvalue weighted by atomic mass is 16.3. The number of aliphatic imine (C=N–C) groups is 2. The number of aromatic hydroxyl groups is 2. The fourth-order valence-electron chi connectivity index (χ4n) is 4.76. The predicted molar refractivity (Wildman–Crippen MR) is 149 cm³/mol. The Morgan fingerprint density at radius 2 is 1.09 bits per heavy atom. The molecule has 1 saturated carbocycles. The number of phenolic OH excluding ortho intramolecular Hbond substituents is 2. The van der Waals surface area contributed by atoms with Crippen molar-refractivity contribution in [2.45, 2.75) is 110 Å². The highest BCUT2D eigenvalue weighted by molar-refractivity contribution is 5.85. The zero-order valence-electron chi connectivity index (χ0n) is 22.9. The average Bonchev–Trinajstić information content (AvgIpc) is 3.24. The van der Waals surface area contributed by atoms with Gasteiger partial charge in [0.25, 0.3) is 0 Å². The minimum atomic E-state index is -0.126. The Kier molecular flexibility index (Phi) is 8.14. The van der Waals surface area contributed by atoms with Crippen LogP contribution in [0.3, 0.4) is 0 Å². The van der Waals surface area contributed by atoms with Crippen LogP contribution in [0.1, 0.15) is 108 Å². The summed E-state index contributed by atoms with van der Waals surface area (Å²) in [4.78, 5) is 9.68. The molecule has 0 bridgehead atoms. The third-order valence-electron chi connectivity index (χ3n) is 7.06. The molecule has 2 N–H and O–H groups in total. The van der Waals surface area contributed by atoms with E-state index >= 15 is 0 Å². The summed E-state index contributed by atoms with van der Waals surface area (Å²) in [5.41, 5.74) is 5.72. The van der Waals surface area contributed by atoms with Gasteiger partial charge in [-0.3, -0.25) is 9.98 Å². The summed E-state index contributed by atoms with van der Waals surface area (Å²) in [5.74, 6) is 0.680. The monoisotopic (exact) mass is 476 g/mol. The van der Waals surface area contributed by atoms with Crippen LogP contribution in [0.15, 0.2) is 34.3 Å². The SMILES string of the molecule is CCc1cc(C=NC2CCC(N=Cc3cc(CC)cc(C(C)(C)C)c3O)C2)c(O)c(C(C)(C)C)c1. The van der Waals surface area contributed by atoms with E-state index in [1.807, 2.05) is 12.4 Å². The maximum absolute atomic E-state index is 10.9. The van der Waals surface area contributed by atoms with Gasteiger partial charge in [0.15, 0.2) is 0 Å². The van der Waals surface area contributed by atoms with Crippen LogP contribution in [-0.2, 0) is 23.7 Å². The number of aryl methyl sites for hydroxylation is 2. The highest BCUT2D eigenvalue weighted by Crippen LogP contribution is 2.36. The Balaban J connectivity index is 1.76. The summed E-state index contributed by atoms with van der Waals surface area (Å²) < 4.78 is 0. The van der Waals surface area contributed by atoms with E-state index in [1.54, 1.807) is 0 Å². The molecule has 1 fully saturated rings. The molecular formula is C31H44N2O2. The van der Waals surface area contributed by atoms with Crippen molar-refractivity contribution in [1.82, 2.24) is 0 Å².